The highest BCUT2D eigenvalue weighted by Gasteiger charge is 2.32. The highest BCUT2D eigenvalue weighted by Crippen LogP contribution is 2.31. The molecule has 3 heteroatoms. The third-order valence-electron chi connectivity index (χ3n) is 4.12. The number of hydrogen-bond donors (Lipinski definition) is 1. The van der Waals surface area contributed by atoms with Crippen LogP contribution < -0.4 is 10.5 Å². The second kappa shape index (κ2) is 4.97. The lowest BCUT2D eigenvalue weighted by Crippen LogP contribution is -2.38. The van der Waals surface area contributed by atoms with E-state index < -0.39 is 0 Å². The summed E-state index contributed by atoms with van der Waals surface area (Å²) in [5.41, 5.74) is 6.74. The van der Waals surface area contributed by atoms with Crippen LogP contribution in [0.4, 0.5) is 0 Å². The largest absolute Gasteiger partial charge is 0.490 e. The molecule has 0 radical (unpaired) electrons. The van der Waals surface area contributed by atoms with E-state index in [1.54, 1.807) is 0 Å². The molecule has 2 N–H and O–H groups in total. The lowest BCUT2D eigenvalue weighted by molar-refractivity contribution is 0.0952. The first-order valence-electron chi connectivity index (χ1n) is 7.23. The molecule has 0 amide bonds. The van der Waals surface area contributed by atoms with Gasteiger partial charge in [-0.05, 0) is 49.9 Å². The predicted octanol–water partition coefficient (Wildman–Crippen LogP) is 3.07. The molecule has 3 rings (SSSR count). The molecule has 0 atom stereocenters. The molecule has 0 bridgehead atoms. The molecular formula is C16H21NO2. The molecule has 1 aromatic carbocycles. The summed E-state index contributed by atoms with van der Waals surface area (Å²) >= 11 is 0. The predicted molar refractivity (Wildman–Crippen MR) is 74.4 cm³/mol. The van der Waals surface area contributed by atoms with Crippen LogP contribution in [0, 0.1) is 0 Å². The van der Waals surface area contributed by atoms with Crippen molar-refractivity contribution >= 4 is 5.78 Å². The van der Waals surface area contributed by atoms with Crippen molar-refractivity contribution in [3.63, 3.8) is 0 Å². The Labute approximate surface area is 114 Å². The van der Waals surface area contributed by atoms with Crippen molar-refractivity contribution in [1.29, 1.82) is 0 Å². The van der Waals surface area contributed by atoms with Gasteiger partial charge in [-0.2, -0.15) is 0 Å². The molecule has 0 aliphatic heterocycles. The number of rotatable bonds is 5. The van der Waals surface area contributed by atoms with Crippen molar-refractivity contribution < 1.29 is 9.53 Å². The van der Waals surface area contributed by atoms with Gasteiger partial charge in [0.1, 0.15) is 5.75 Å². The van der Waals surface area contributed by atoms with Gasteiger partial charge in [0, 0.05) is 17.5 Å². The Hall–Kier alpha value is -1.35. The summed E-state index contributed by atoms with van der Waals surface area (Å²) in [7, 11) is 0. The quantitative estimate of drug-likeness (QED) is 0.827. The van der Waals surface area contributed by atoms with E-state index in [2.05, 4.69) is 0 Å². The molecule has 1 aromatic rings. The van der Waals surface area contributed by atoms with E-state index in [1.165, 1.54) is 0 Å². The molecule has 0 unspecified atom stereocenters. The van der Waals surface area contributed by atoms with E-state index in [0.717, 1.165) is 49.8 Å². The molecule has 2 aliphatic carbocycles. The van der Waals surface area contributed by atoms with Crippen LogP contribution in [0.5, 0.6) is 5.75 Å². The number of carbonyl (C=O) groups is 1. The molecule has 0 spiro atoms. The Bertz CT molecular complexity index is 456. The van der Waals surface area contributed by atoms with Gasteiger partial charge in [-0.3, -0.25) is 4.79 Å². The Morgan fingerprint density at radius 1 is 1.21 bits per heavy atom. The summed E-state index contributed by atoms with van der Waals surface area (Å²) in [6.45, 7) is 0. The molecule has 2 aliphatic rings. The zero-order valence-electron chi connectivity index (χ0n) is 11.2. The number of nitrogens with two attached hydrogens (primary N) is 1. The van der Waals surface area contributed by atoms with Gasteiger partial charge >= 0.3 is 0 Å². The van der Waals surface area contributed by atoms with Gasteiger partial charge < -0.3 is 10.5 Å². The number of carbonyl (C=O) groups excluding carboxylic acids is 1. The molecule has 19 heavy (non-hydrogen) atoms. The molecule has 0 aromatic heterocycles. The highest BCUT2D eigenvalue weighted by atomic mass is 16.5. The maximum atomic E-state index is 12.2. The van der Waals surface area contributed by atoms with E-state index in [9.17, 15) is 4.79 Å². The smallest absolute Gasteiger partial charge is 0.164 e. The molecule has 2 fully saturated rings. The standard InChI is InChI=1S/C16H21NO2/c17-16(9-1-2-10-16)11-15(18)12-3-5-13(6-4-12)19-14-7-8-14/h3-6,14H,1-2,7-11,17H2. The second-order valence-electron chi connectivity index (χ2n) is 6.01. The molecule has 0 heterocycles. The highest BCUT2D eigenvalue weighted by molar-refractivity contribution is 5.96. The number of benzene rings is 1. The van der Waals surface area contributed by atoms with Crippen molar-refractivity contribution in [2.24, 2.45) is 5.73 Å². The summed E-state index contributed by atoms with van der Waals surface area (Å²) in [6, 6.07) is 7.50. The topological polar surface area (TPSA) is 52.3 Å². The monoisotopic (exact) mass is 259 g/mol. The van der Waals surface area contributed by atoms with Crippen LogP contribution >= 0.6 is 0 Å². The van der Waals surface area contributed by atoms with Crippen molar-refractivity contribution in [2.75, 3.05) is 0 Å². The number of Topliss-reactive ketones (excluding diaryl/α,β-unsaturated/α-hetero) is 1. The minimum Gasteiger partial charge on any atom is -0.490 e. The summed E-state index contributed by atoms with van der Waals surface area (Å²) < 4.78 is 5.68. The van der Waals surface area contributed by atoms with Crippen LogP contribution in [-0.2, 0) is 0 Å². The van der Waals surface area contributed by atoms with Gasteiger partial charge in [0.05, 0.1) is 6.10 Å². The first-order valence-corrected chi connectivity index (χ1v) is 7.23. The minimum absolute atomic E-state index is 0.155. The van der Waals surface area contributed by atoms with Gasteiger partial charge in [-0.15, -0.1) is 0 Å². The van der Waals surface area contributed by atoms with Gasteiger partial charge in [0.2, 0.25) is 0 Å². The van der Waals surface area contributed by atoms with E-state index in [4.69, 9.17) is 10.5 Å². The summed E-state index contributed by atoms with van der Waals surface area (Å²) in [4.78, 5) is 12.2. The van der Waals surface area contributed by atoms with Crippen LogP contribution in [0.15, 0.2) is 24.3 Å². The Balaban J connectivity index is 1.62. The molecule has 102 valence electrons. The summed E-state index contributed by atoms with van der Waals surface area (Å²) in [5, 5.41) is 0. The van der Waals surface area contributed by atoms with E-state index >= 15 is 0 Å². The molecule has 0 saturated heterocycles. The normalized spacial score (nSPS) is 21.3. The van der Waals surface area contributed by atoms with Gasteiger partial charge in [0.25, 0.3) is 0 Å². The third kappa shape index (κ3) is 3.16. The van der Waals surface area contributed by atoms with Crippen LogP contribution in [0.3, 0.4) is 0 Å². The van der Waals surface area contributed by atoms with Gasteiger partial charge in [0.15, 0.2) is 5.78 Å². The van der Waals surface area contributed by atoms with Crippen LogP contribution in [0.25, 0.3) is 0 Å². The van der Waals surface area contributed by atoms with Crippen LogP contribution in [0.2, 0.25) is 0 Å². The third-order valence-corrected chi connectivity index (χ3v) is 4.12. The Kier molecular flexibility index (Phi) is 3.31. The minimum atomic E-state index is -0.264. The second-order valence-corrected chi connectivity index (χ2v) is 6.01. The fraction of sp³-hybridized carbons (Fsp3) is 0.562. The number of ether oxygens (including phenoxy) is 1. The van der Waals surface area contributed by atoms with Crippen molar-refractivity contribution in [1.82, 2.24) is 0 Å². The number of ketones is 1. The van der Waals surface area contributed by atoms with Crippen LogP contribution in [-0.4, -0.2) is 17.4 Å². The lowest BCUT2D eigenvalue weighted by atomic mass is 9.90. The first kappa shape index (κ1) is 12.7. The molecule has 3 nitrogen and oxygen atoms in total. The lowest BCUT2D eigenvalue weighted by Gasteiger charge is -2.22. The number of hydrogen-bond acceptors (Lipinski definition) is 3. The zero-order chi connectivity index (χ0) is 13.3. The van der Waals surface area contributed by atoms with Crippen molar-refractivity contribution in [3.05, 3.63) is 29.8 Å². The SMILES string of the molecule is NC1(CC(=O)c2ccc(OC3CC3)cc2)CCCC1. The van der Waals surface area contributed by atoms with Gasteiger partial charge in [-0.25, -0.2) is 0 Å². The molecular weight excluding hydrogens is 238 g/mol. The maximum Gasteiger partial charge on any atom is 0.164 e. The fourth-order valence-electron chi connectivity index (χ4n) is 2.78. The van der Waals surface area contributed by atoms with Gasteiger partial charge in [-0.1, -0.05) is 12.8 Å². The Morgan fingerprint density at radius 3 is 2.42 bits per heavy atom. The van der Waals surface area contributed by atoms with E-state index in [-0.39, 0.29) is 11.3 Å². The Morgan fingerprint density at radius 2 is 1.84 bits per heavy atom. The zero-order valence-corrected chi connectivity index (χ0v) is 11.2. The average Bonchev–Trinajstić information content (AvgIpc) is 3.10. The van der Waals surface area contributed by atoms with E-state index in [1.807, 2.05) is 24.3 Å². The summed E-state index contributed by atoms with van der Waals surface area (Å²) in [5.74, 6) is 1.02. The van der Waals surface area contributed by atoms with Crippen molar-refractivity contribution in [3.8, 4) is 5.75 Å². The molecule has 2 saturated carbocycles. The maximum absolute atomic E-state index is 12.2. The average molecular weight is 259 g/mol. The first-order chi connectivity index (χ1) is 9.15. The van der Waals surface area contributed by atoms with E-state index in [0.29, 0.717) is 12.5 Å². The van der Waals surface area contributed by atoms with Crippen LogP contribution in [0.1, 0.15) is 55.3 Å². The summed E-state index contributed by atoms with van der Waals surface area (Å²) in [6.07, 6.45) is 7.41. The fourth-order valence-corrected chi connectivity index (χ4v) is 2.78. The van der Waals surface area contributed by atoms with Crippen molar-refractivity contribution in [2.45, 2.75) is 56.6 Å².